The number of likely N-dealkylation sites (tertiary alicyclic amines) is 1. The quantitative estimate of drug-likeness (QED) is 0.696. The van der Waals surface area contributed by atoms with Crippen molar-refractivity contribution < 1.29 is 4.79 Å². The number of piperidine rings is 1. The second-order valence-electron chi connectivity index (χ2n) is 6.89. The molecule has 1 aliphatic rings. The maximum absolute atomic E-state index is 12.9. The molecule has 4 rings (SSSR count). The highest BCUT2D eigenvalue weighted by Crippen LogP contribution is 2.34. The number of aryl methyl sites for hydroxylation is 1. The topological polar surface area (TPSA) is 85.0 Å². The van der Waals surface area contributed by atoms with Crippen LogP contribution in [-0.2, 0) is 0 Å². The maximum atomic E-state index is 12.9. The normalized spacial score (nSPS) is 16.9. The molecule has 2 N–H and O–H groups in total. The molecule has 1 fully saturated rings. The Morgan fingerprint density at radius 2 is 2.07 bits per heavy atom. The Hall–Kier alpha value is -2.51. The lowest BCUT2D eigenvalue weighted by Gasteiger charge is -2.33. The van der Waals surface area contributed by atoms with E-state index in [0.717, 1.165) is 41.9 Å². The molecule has 1 aromatic carbocycles. The van der Waals surface area contributed by atoms with E-state index in [-0.39, 0.29) is 17.8 Å². The van der Waals surface area contributed by atoms with E-state index in [1.807, 2.05) is 36.1 Å². The monoisotopic (exact) mass is 413 g/mol. The van der Waals surface area contributed by atoms with E-state index >= 15 is 0 Å². The Kier molecular flexibility index (Phi) is 5.28. The minimum Gasteiger partial charge on any atom is -0.368 e. The van der Waals surface area contributed by atoms with Gasteiger partial charge in [0.25, 0.3) is 5.91 Å². The van der Waals surface area contributed by atoms with Gasteiger partial charge in [-0.2, -0.15) is 0 Å². The molecule has 0 saturated carbocycles. The zero-order valence-corrected chi connectivity index (χ0v) is 17.0. The SMILES string of the molecule is Cc1ncsc1C(=O)N1CCCC(c2nc(N)ncc2-c2ccc(Cl)cc2)C1. The fourth-order valence-electron chi connectivity index (χ4n) is 3.61. The number of nitrogens with two attached hydrogens (primary N) is 1. The fraction of sp³-hybridized carbons (Fsp3) is 0.300. The number of carbonyl (C=O) groups excluding carboxylic acids is 1. The van der Waals surface area contributed by atoms with Crippen LogP contribution in [0, 0.1) is 6.92 Å². The predicted molar refractivity (Wildman–Crippen MR) is 112 cm³/mol. The van der Waals surface area contributed by atoms with Gasteiger partial charge in [-0.1, -0.05) is 23.7 Å². The van der Waals surface area contributed by atoms with Crippen molar-refractivity contribution in [2.24, 2.45) is 0 Å². The van der Waals surface area contributed by atoms with Crippen molar-refractivity contribution in [3.63, 3.8) is 0 Å². The zero-order valence-electron chi connectivity index (χ0n) is 15.4. The number of anilines is 1. The molecule has 0 radical (unpaired) electrons. The van der Waals surface area contributed by atoms with Crippen molar-refractivity contribution in [1.29, 1.82) is 0 Å². The summed E-state index contributed by atoms with van der Waals surface area (Å²) in [4.78, 5) is 28.5. The van der Waals surface area contributed by atoms with Crippen molar-refractivity contribution in [3.8, 4) is 11.1 Å². The smallest absolute Gasteiger partial charge is 0.265 e. The summed E-state index contributed by atoms with van der Waals surface area (Å²) >= 11 is 7.42. The van der Waals surface area contributed by atoms with E-state index in [4.69, 9.17) is 17.3 Å². The van der Waals surface area contributed by atoms with Gasteiger partial charge in [-0.05, 0) is 37.5 Å². The van der Waals surface area contributed by atoms with Crippen molar-refractivity contribution in [1.82, 2.24) is 19.9 Å². The minimum absolute atomic E-state index is 0.0415. The second-order valence-corrected chi connectivity index (χ2v) is 8.18. The first-order valence-electron chi connectivity index (χ1n) is 9.10. The number of aromatic nitrogens is 3. The Morgan fingerprint density at radius 1 is 1.29 bits per heavy atom. The first-order valence-corrected chi connectivity index (χ1v) is 10.4. The molecule has 6 nitrogen and oxygen atoms in total. The number of hydrogen-bond acceptors (Lipinski definition) is 6. The number of halogens is 1. The van der Waals surface area contributed by atoms with Gasteiger partial charge in [0.1, 0.15) is 4.88 Å². The lowest BCUT2D eigenvalue weighted by molar-refractivity contribution is 0.0710. The maximum Gasteiger partial charge on any atom is 0.265 e. The summed E-state index contributed by atoms with van der Waals surface area (Å²) < 4.78 is 0. The van der Waals surface area contributed by atoms with Crippen LogP contribution in [0.15, 0.2) is 36.0 Å². The Balaban J connectivity index is 1.65. The molecule has 144 valence electrons. The van der Waals surface area contributed by atoms with Crippen LogP contribution in [0.25, 0.3) is 11.1 Å². The Morgan fingerprint density at radius 3 is 2.79 bits per heavy atom. The van der Waals surface area contributed by atoms with Crippen molar-refractivity contribution in [3.05, 3.63) is 57.3 Å². The number of thiazole rings is 1. The zero-order chi connectivity index (χ0) is 19.7. The van der Waals surface area contributed by atoms with Gasteiger partial charge in [-0.3, -0.25) is 4.79 Å². The summed E-state index contributed by atoms with van der Waals surface area (Å²) in [6, 6.07) is 7.60. The standard InChI is InChI=1S/C20H20ClN5OS/c1-12-18(28-11-24-12)19(27)26-8-2-3-14(10-26)17-16(9-23-20(22)25-17)13-4-6-15(21)7-5-13/h4-7,9,11,14H,2-3,8,10H2,1H3,(H2,22,23,25). The van der Waals surface area contributed by atoms with Crippen LogP contribution < -0.4 is 5.73 Å². The molecule has 3 heterocycles. The van der Waals surface area contributed by atoms with Gasteiger partial charge in [-0.15, -0.1) is 11.3 Å². The molecule has 1 atom stereocenters. The summed E-state index contributed by atoms with van der Waals surface area (Å²) in [6.45, 7) is 3.21. The van der Waals surface area contributed by atoms with Gasteiger partial charge < -0.3 is 10.6 Å². The highest BCUT2D eigenvalue weighted by Gasteiger charge is 2.29. The van der Waals surface area contributed by atoms with Crippen LogP contribution in [0.5, 0.6) is 0 Å². The van der Waals surface area contributed by atoms with Crippen molar-refractivity contribution in [2.75, 3.05) is 18.8 Å². The number of hydrogen-bond donors (Lipinski definition) is 1. The predicted octanol–water partition coefficient (Wildman–Crippen LogP) is 4.16. The van der Waals surface area contributed by atoms with E-state index < -0.39 is 0 Å². The van der Waals surface area contributed by atoms with Gasteiger partial charge in [0.2, 0.25) is 5.95 Å². The van der Waals surface area contributed by atoms with Crippen LogP contribution in [-0.4, -0.2) is 38.8 Å². The second kappa shape index (κ2) is 7.85. The van der Waals surface area contributed by atoms with Crippen molar-refractivity contribution in [2.45, 2.75) is 25.7 Å². The first-order chi connectivity index (χ1) is 13.5. The third-order valence-corrected chi connectivity index (χ3v) is 6.20. The van der Waals surface area contributed by atoms with Gasteiger partial charge in [0, 0.05) is 35.8 Å². The molecule has 0 aliphatic carbocycles. The van der Waals surface area contributed by atoms with E-state index in [9.17, 15) is 4.79 Å². The average molecular weight is 414 g/mol. The minimum atomic E-state index is 0.0415. The summed E-state index contributed by atoms with van der Waals surface area (Å²) in [7, 11) is 0. The van der Waals surface area contributed by atoms with E-state index in [1.54, 1.807) is 11.7 Å². The molecule has 0 spiro atoms. The number of benzene rings is 1. The van der Waals surface area contributed by atoms with E-state index in [1.165, 1.54) is 11.3 Å². The number of rotatable bonds is 3. The summed E-state index contributed by atoms with van der Waals surface area (Å²) in [6.07, 6.45) is 3.62. The Labute approximate surface area is 172 Å². The lowest BCUT2D eigenvalue weighted by atomic mass is 9.90. The largest absolute Gasteiger partial charge is 0.368 e. The van der Waals surface area contributed by atoms with Crippen LogP contribution in [0.1, 0.15) is 39.8 Å². The molecule has 1 amide bonds. The van der Waals surface area contributed by atoms with Crippen LogP contribution >= 0.6 is 22.9 Å². The molecule has 1 aliphatic heterocycles. The van der Waals surface area contributed by atoms with Gasteiger partial charge in [-0.25, -0.2) is 15.0 Å². The third-order valence-electron chi connectivity index (χ3n) is 5.03. The number of nitrogen functional groups attached to an aromatic ring is 1. The summed E-state index contributed by atoms with van der Waals surface area (Å²) in [5.74, 6) is 0.385. The molecule has 3 aromatic rings. The number of nitrogens with zero attached hydrogens (tertiary/aromatic N) is 4. The molecular weight excluding hydrogens is 394 g/mol. The molecule has 28 heavy (non-hydrogen) atoms. The molecule has 1 saturated heterocycles. The molecule has 2 aromatic heterocycles. The van der Waals surface area contributed by atoms with Crippen LogP contribution in [0.4, 0.5) is 5.95 Å². The molecule has 0 bridgehead atoms. The van der Waals surface area contributed by atoms with Crippen LogP contribution in [0.3, 0.4) is 0 Å². The van der Waals surface area contributed by atoms with E-state index in [0.29, 0.717) is 16.4 Å². The number of carbonyl (C=O) groups is 1. The highest BCUT2D eigenvalue weighted by molar-refractivity contribution is 7.11. The van der Waals surface area contributed by atoms with Gasteiger partial charge in [0.15, 0.2) is 0 Å². The van der Waals surface area contributed by atoms with E-state index in [2.05, 4.69) is 15.0 Å². The van der Waals surface area contributed by atoms with Crippen molar-refractivity contribution >= 4 is 34.8 Å². The van der Waals surface area contributed by atoms with Crippen LogP contribution in [0.2, 0.25) is 5.02 Å². The number of amides is 1. The first kappa shape index (κ1) is 18.8. The Bertz CT molecular complexity index is 1000. The average Bonchev–Trinajstić information content (AvgIpc) is 3.14. The molecular formula is C20H20ClN5OS. The third kappa shape index (κ3) is 3.72. The molecule has 8 heteroatoms. The lowest BCUT2D eigenvalue weighted by Crippen LogP contribution is -2.39. The summed E-state index contributed by atoms with van der Waals surface area (Å²) in [5.41, 5.74) is 11.2. The molecule has 1 unspecified atom stereocenters. The van der Waals surface area contributed by atoms with Gasteiger partial charge in [0.05, 0.1) is 16.9 Å². The summed E-state index contributed by atoms with van der Waals surface area (Å²) in [5, 5.41) is 0.677. The highest BCUT2D eigenvalue weighted by atomic mass is 35.5. The van der Waals surface area contributed by atoms with Gasteiger partial charge >= 0.3 is 0 Å². The fourth-order valence-corrected chi connectivity index (χ4v) is 4.50.